The highest BCUT2D eigenvalue weighted by atomic mass is 35.5. The molecule has 2 unspecified atom stereocenters. The van der Waals surface area contributed by atoms with Crippen LogP contribution in [0.2, 0.25) is 5.02 Å². The third-order valence-corrected chi connectivity index (χ3v) is 6.24. The summed E-state index contributed by atoms with van der Waals surface area (Å²) in [5.74, 6) is 0.00178. The normalized spacial score (nSPS) is 19.0. The number of benzene rings is 3. The molecule has 0 aliphatic carbocycles. The van der Waals surface area contributed by atoms with Gasteiger partial charge in [-0.25, -0.2) is 0 Å². The lowest BCUT2D eigenvalue weighted by atomic mass is 9.88. The number of rotatable bonds is 5. The van der Waals surface area contributed by atoms with E-state index < -0.39 is 0 Å². The minimum atomic E-state index is -0.148. The van der Waals surface area contributed by atoms with Crippen LogP contribution in [0.3, 0.4) is 0 Å². The summed E-state index contributed by atoms with van der Waals surface area (Å²) in [6.07, 6.45) is 1.76. The number of hydrogen-bond donors (Lipinski definition) is 2. The Hall–Kier alpha value is -3.15. The van der Waals surface area contributed by atoms with Crippen molar-refractivity contribution in [1.82, 2.24) is 15.1 Å². The molecular weight excluding hydrogens is 408 g/mol. The van der Waals surface area contributed by atoms with Crippen LogP contribution in [0.5, 0.6) is 0 Å². The number of aromatic amines is 1. The average Bonchev–Trinajstić information content (AvgIpc) is 3.42. The van der Waals surface area contributed by atoms with E-state index in [0.29, 0.717) is 11.6 Å². The predicted octanol–water partition coefficient (Wildman–Crippen LogP) is 5.07. The molecule has 5 nitrogen and oxygen atoms in total. The Morgan fingerprint density at radius 3 is 2.68 bits per heavy atom. The number of halogens is 1. The van der Waals surface area contributed by atoms with Gasteiger partial charge >= 0.3 is 0 Å². The highest BCUT2D eigenvalue weighted by Gasteiger charge is 2.38. The second-order valence-electron chi connectivity index (χ2n) is 8.11. The third kappa shape index (κ3) is 4.33. The molecule has 1 aliphatic heterocycles. The topological polar surface area (TPSA) is 61.0 Å². The summed E-state index contributed by atoms with van der Waals surface area (Å²) in [4.78, 5) is 15.7. The van der Waals surface area contributed by atoms with Crippen molar-refractivity contribution >= 4 is 34.1 Å². The highest BCUT2D eigenvalue weighted by molar-refractivity contribution is 6.30. The van der Waals surface area contributed by atoms with Crippen LogP contribution >= 0.6 is 11.6 Å². The summed E-state index contributed by atoms with van der Waals surface area (Å²) in [7, 11) is 0. The molecule has 1 saturated heterocycles. The van der Waals surface area contributed by atoms with Crippen molar-refractivity contribution in [3.8, 4) is 0 Å². The molecule has 2 heterocycles. The number of nitrogens with one attached hydrogen (secondary N) is 2. The van der Waals surface area contributed by atoms with Crippen LogP contribution in [0.25, 0.3) is 10.9 Å². The maximum atomic E-state index is 13.4. The first kappa shape index (κ1) is 19.8. The summed E-state index contributed by atoms with van der Waals surface area (Å²) in [6.45, 7) is 2.37. The van der Waals surface area contributed by atoms with E-state index in [-0.39, 0.29) is 17.7 Å². The minimum absolute atomic E-state index is 0.0401. The standard InChI is InChI=1S/C25H23ClN4O/c26-20-8-6-18(7-9-20)22-15-30(14-17-4-2-1-3-5-17)16-23(22)25(31)28-21-10-11-24-19(12-21)13-27-29-24/h1-13,22-23H,14-16H2,(H,27,29)(H,28,31). The van der Waals surface area contributed by atoms with Gasteiger partial charge in [-0.1, -0.05) is 54.1 Å². The predicted molar refractivity (Wildman–Crippen MR) is 124 cm³/mol. The molecule has 0 spiro atoms. The van der Waals surface area contributed by atoms with Gasteiger partial charge in [-0.3, -0.25) is 14.8 Å². The molecule has 1 amide bonds. The van der Waals surface area contributed by atoms with Crippen LogP contribution in [0.1, 0.15) is 17.0 Å². The fourth-order valence-electron chi connectivity index (χ4n) is 4.42. The molecule has 1 fully saturated rings. The van der Waals surface area contributed by atoms with Crippen molar-refractivity contribution in [3.05, 3.63) is 95.1 Å². The Morgan fingerprint density at radius 2 is 1.87 bits per heavy atom. The van der Waals surface area contributed by atoms with Crippen LogP contribution in [-0.4, -0.2) is 34.1 Å². The van der Waals surface area contributed by atoms with E-state index in [1.54, 1.807) is 6.20 Å². The van der Waals surface area contributed by atoms with Gasteiger partial charge < -0.3 is 5.32 Å². The first-order valence-electron chi connectivity index (χ1n) is 10.4. The third-order valence-electron chi connectivity index (χ3n) is 5.99. The summed E-state index contributed by atoms with van der Waals surface area (Å²) < 4.78 is 0. The van der Waals surface area contributed by atoms with E-state index in [0.717, 1.165) is 35.2 Å². The molecule has 31 heavy (non-hydrogen) atoms. The molecule has 1 aliphatic rings. The largest absolute Gasteiger partial charge is 0.326 e. The molecule has 0 bridgehead atoms. The van der Waals surface area contributed by atoms with Crippen molar-refractivity contribution in [2.24, 2.45) is 5.92 Å². The molecule has 6 heteroatoms. The Morgan fingerprint density at radius 1 is 1.06 bits per heavy atom. The smallest absolute Gasteiger partial charge is 0.229 e. The van der Waals surface area contributed by atoms with Crippen LogP contribution in [0.4, 0.5) is 5.69 Å². The zero-order valence-electron chi connectivity index (χ0n) is 17.0. The number of carbonyl (C=O) groups excluding carboxylic acids is 1. The summed E-state index contributed by atoms with van der Waals surface area (Å²) in [5, 5.41) is 11.8. The van der Waals surface area contributed by atoms with Crippen LogP contribution in [-0.2, 0) is 11.3 Å². The maximum Gasteiger partial charge on any atom is 0.229 e. The molecular formula is C25H23ClN4O. The number of hydrogen-bond acceptors (Lipinski definition) is 3. The Kier molecular flexibility index (Phi) is 5.45. The highest BCUT2D eigenvalue weighted by Crippen LogP contribution is 2.35. The van der Waals surface area contributed by atoms with Crippen molar-refractivity contribution in [3.63, 3.8) is 0 Å². The zero-order valence-corrected chi connectivity index (χ0v) is 17.7. The van der Waals surface area contributed by atoms with Gasteiger partial charge in [-0.15, -0.1) is 0 Å². The van der Waals surface area contributed by atoms with Gasteiger partial charge in [0, 0.05) is 41.6 Å². The fraction of sp³-hybridized carbons (Fsp3) is 0.200. The quantitative estimate of drug-likeness (QED) is 0.464. The SMILES string of the molecule is O=C(Nc1ccc2[nH]ncc2c1)C1CN(Cc2ccccc2)CC1c1ccc(Cl)cc1. The van der Waals surface area contributed by atoms with Gasteiger partial charge in [0.25, 0.3) is 0 Å². The molecule has 1 aromatic heterocycles. The number of likely N-dealkylation sites (tertiary alicyclic amines) is 1. The summed E-state index contributed by atoms with van der Waals surface area (Å²) >= 11 is 6.10. The maximum absolute atomic E-state index is 13.4. The van der Waals surface area contributed by atoms with E-state index in [1.165, 1.54) is 5.56 Å². The first-order chi connectivity index (χ1) is 15.2. The van der Waals surface area contributed by atoms with E-state index in [9.17, 15) is 4.79 Å². The number of amides is 1. The Labute approximate surface area is 186 Å². The Bertz CT molecular complexity index is 1190. The van der Waals surface area contributed by atoms with Gasteiger partial charge in [-0.2, -0.15) is 5.10 Å². The molecule has 2 N–H and O–H groups in total. The van der Waals surface area contributed by atoms with Gasteiger partial charge in [0.15, 0.2) is 0 Å². The lowest BCUT2D eigenvalue weighted by Gasteiger charge is -2.18. The van der Waals surface area contributed by atoms with Gasteiger partial charge in [0.2, 0.25) is 5.91 Å². The van der Waals surface area contributed by atoms with E-state index >= 15 is 0 Å². The molecule has 4 aromatic rings. The molecule has 2 atom stereocenters. The summed E-state index contributed by atoms with van der Waals surface area (Å²) in [6, 6.07) is 24.1. The molecule has 0 radical (unpaired) electrons. The number of carbonyl (C=O) groups is 1. The number of nitrogens with zero attached hydrogens (tertiary/aromatic N) is 2. The van der Waals surface area contributed by atoms with Crippen molar-refractivity contribution in [2.75, 3.05) is 18.4 Å². The zero-order chi connectivity index (χ0) is 21.2. The molecule has 5 rings (SSSR count). The number of anilines is 1. The van der Waals surface area contributed by atoms with E-state index in [1.807, 2.05) is 48.5 Å². The lowest BCUT2D eigenvalue weighted by molar-refractivity contribution is -0.119. The van der Waals surface area contributed by atoms with Crippen LogP contribution < -0.4 is 5.32 Å². The second-order valence-corrected chi connectivity index (χ2v) is 8.54. The fourth-order valence-corrected chi connectivity index (χ4v) is 4.55. The van der Waals surface area contributed by atoms with Gasteiger partial charge in [-0.05, 0) is 41.5 Å². The monoisotopic (exact) mass is 430 g/mol. The first-order valence-corrected chi connectivity index (χ1v) is 10.8. The Balaban J connectivity index is 1.38. The second kappa shape index (κ2) is 8.53. The minimum Gasteiger partial charge on any atom is -0.326 e. The lowest BCUT2D eigenvalue weighted by Crippen LogP contribution is -2.28. The van der Waals surface area contributed by atoms with E-state index in [4.69, 9.17) is 11.6 Å². The molecule has 156 valence electrons. The van der Waals surface area contributed by atoms with Crippen molar-refractivity contribution < 1.29 is 4.79 Å². The number of fused-ring (bicyclic) bond motifs is 1. The molecule has 3 aromatic carbocycles. The van der Waals surface area contributed by atoms with E-state index in [2.05, 4.69) is 44.7 Å². The number of aromatic nitrogens is 2. The number of H-pyrrole nitrogens is 1. The van der Waals surface area contributed by atoms with Crippen LogP contribution in [0, 0.1) is 5.92 Å². The van der Waals surface area contributed by atoms with Crippen LogP contribution in [0.15, 0.2) is 79.0 Å². The van der Waals surface area contributed by atoms with Gasteiger partial charge in [0.05, 0.1) is 17.6 Å². The van der Waals surface area contributed by atoms with Gasteiger partial charge in [0.1, 0.15) is 0 Å². The summed E-state index contributed by atoms with van der Waals surface area (Å²) in [5.41, 5.74) is 4.14. The molecule has 0 saturated carbocycles. The van der Waals surface area contributed by atoms with Crippen molar-refractivity contribution in [1.29, 1.82) is 0 Å². The van der Waals surface area contributed by atoms with Crippen molar-refractivity contribution in [2.45, 2.75) is 12.5 Å². The average molecular weight is 431 g/mol.